The van der Waals surface area contributed by atoms with Crippen LogP contribution in [0.2, 0.25) is 0 Å². The highest BCUT2D eigenvalue weighted by molar-refractivity contribution is 5.42. The van der Waals surface area contributed by atoms with Crippen molar-refractivity contribution in [1.29, 1.82) is 0 Å². The molecule has 0 aromatic carbocycles. The van der Waals surface area contributed by atoms with E-state index < -0.39 is 0 Å². The van der Waals surface area contributed by atoms with Gasteiger partial charge in [0.1, 0.15) is 5.82 Å². The molecule has 1 fully saturated rings. The van der Waals surface area contributed by atoms with Crippen LogP contribution in [0.3, 0.4) is 0 Å². The zero-order valence-corrected chi connectivity index (χ0v) is 12.9. The van der Waals surface area contributed by atoms with E-state index in [9.17, 15) is 0 Å². The summed E-state index contributed by atoms with van der Waals surface area (Å²) in [6.07, 6.45) is 9.44. The predicted octanol–water partition coefficient (Wildman–Crippen LogP) is 3.99. The minimum atomic E-state index is 0.743. The van der Waals surface area contributed by atoms with Crippen molar-refractivity contribution in [1.82, 2.24) is 9.97 Å². The first-order valence-corrected chi connectivity index (χ1v) is 8.11. The quantitative estimate of drug-likeness (QED) is 0.790. The van der Waals surface area contributed by atoms with Crippen LogP contribution in [0.5, 0.6) is 0 Å². The molecule has 112 valence electrons. The van der Waals surface area contributed by atoms with Crippen molar-refractivity contribution in [3.63, 3.8) is 0 Å². The summed E-state index contributed by atoms with van der Waals surface area (Å²) in [5.74, 6) is 2.61. The first-order chi connectivity index (χ1) is 9.78. The number of hydrogen-bond acceptors (Lipinski definition) is 4. The summed E-state index contributed by atoms with van der Waals surface area (Å²) in [7, 11) is 0. The minimum Gasteiger partial charge on any atom is -0.370 e. The van der Waals surface area contributed by atoms with Crippen molar-refractivity contribution < 1.29 is 0 Å². The molecule has 0 amide bonds. The molecule has 4 heteroatoms. The summed E-state index contributed by atoms with van der Waals surface area (Å²) < 4.78 is 0. The van der Waals surface area contributed by atoms with Crippen molar-refractivity contribution in [3.8, 4) is 0 Å². The molecule has 2 rings (SSSR count). The standard InChI is InChI=1S/C16H28N4/c1-3-10-18-16-19-13(2)12-15(20-16)17-11-9-14-7-5-4-6-8-14/h12,14H,3-11H2,1-2H3,(H2,17,18,19,20). The van der Waals surface area contributed by atoms with Crippen LogP contribution in [-0.2, 0) is 0 Å². The molecule has 1 saturated carbocycles. The Morgan fingerprint density at radius 3 is 2.65 bits per heavy atom. The van der Waals surface area contributed by atoms with E-state index in [1.54, 1.807) is 0 Å². The Labute approximate surface area is 122 Å². The van der Waals surface area contributed by atoms with Gasteiger partial charge in [0.05, 0.1) is 0 Å². The Kier molecular flexibility index (Phi) is 6.09. The van der Waals surface area contributed by atoms with Crippen LogP contribution < -0.4 is 10.6 Å². The molecule has 0 aliphatic heterocycles. The van der Waals surface area contributed by atoms with Gasteiger partial charge in [-0.2, -0.15) is 4.98 Å². The zero-order valence-electron chi connectivity index (χ0n) is 12.9. The van der Waals surface area contributed by atoms with Gasteiger partial charge in [-0.3, -0.25) is 0 Å². The van der Waals surface area contributed by atoms with Crippen LogP contribution in [-0.4, -0.2) is 23.1 Å². The maximum absolute atomic E-state index is 4.52. The third-order valence-corrected chi connectivity index (χ3v) is 3.97. The lowest BCUT2D eigenvalue weighted by Gasteiger charge is -2.21. The Hall–Kier alpha value is -1.32. The summed E-state index contributed by atoms with van der Waals surface area (Å²) in [6, 6.07) is 2.03. The first kappa shape index (κ1) is 15.1. The van der Waals surface area contributed by atoms with E-state index in [1.165, 1.54) is 38.5 Å². The van der Waals surface area contributed by atoms with Crippen molar-refractivity contribution in [3.05, 3.63) is 11.8 Å². The van der Waals surface area contributed by atoms with Gasteiger partial charge in [0, 0.05) is 24.8 Å². The van der Waals surface area contributed by atoms with Crippen molar-refractivity contribution in [2.75, 3.05) is 23.7 Å². The van der Waals surface area contributed by atoms with Gasteiger partial charge < -0.3 is 10.6 Å². The highest BCUT2D eigenvalue weighted by atomic mass is 15.1. The largest absolute Gasteiger partial charge is 0.370 e. The molecule has 1 aliphatic carbocycles. The number of anilines is 2. The molecule has 1 aromatic heterocycles. The molecular weight excluding hydrogens is 248 g/mol. The second kappa shape index (κ2) is 8.08. The van der Waals surface area contributed by atoms with E-state index in [2.05, 4.69) is 27.5 Å². The molecule has 0 bridgehead atoms. The summed E-state index contributed by atoms with van der Waals surface area (Å²) in [4.78, 5) is 8.93. The maximum atomic E-state index is 4.52. The van der Waals surface area contributed by atoms with Crippen LogP contribution in [0.4, 0.5) is 11.8 Å². The van der Waals surface area contributed by atoms with Crippen LogP contribution >= 0.6 is 0 Å². The van der Waals surface area contributed by atoms with E-state index >= 15 is 0 Å². The van der Waals surface area contributed by atoms with Gasteiger partial charge in [0.25, 0.3) is 0 Å². The van der Waals surface area contributed by atoms with Gasteiger partial charge in [0.15, 0.2) is 0 Å². The molecule has 1 heterocycles. The van der Waals surface area contributed by atoms with Crippen molar-refractivity contribution >= 4 is 11.8 Å². The molecule has 1 aromatic rings. The summed E-state index contributed by atoms with van der Waals surface area (Å²) >= 11 is 0. The van der Waals surface area contributed by atoms with Crippen LogP contribution in [0.15, 0.2) is 6.07 Å². The highest BCUT2D eigenvalue weighted by Gasteiger charge is 2.12. The van der Waals surface area contributed by atoms with Gasteiger partial charge in [-0.05, 0) is 25.7 Å². The van der Waals surface area contributed by atoms with Crippen LogP contribution in [0.1, 0.15) is 57.6 Å². The van der Waals surface area contributed by atoms with E-state index in [1.807, 2.05) is 13.0 Å². The lowest BCUT2D eigenvalue weighted by Crippen LogP contribution is -2.13. The Balaban J connectivity index is 1.80. The second-order valence-electron chi connectivity index (χ2n) is 5.86. The summed E-state index contributed by atoms with van der Waals surface area (Å²) in [5, 5.41) is 6.71. The third kappa shape index (κ3) is 4.99. The lowest BCUT2D eigenvalue weighted by atomic mass is 9.87. The van der Waals surface area contributed by atoms with Crippen molar-refractivity contribution in [2.24, 2.45) is 5.92 Å². The lowest BCUT2D eigenvalue weighted by molar-refractivity contribution is 0.345. The third-order valence-electron chi connectivity index (χ3n) is 3.97. The molecular formula is C16H28N4. The second-order valence-corrected chi connectivity index (χ2v) is 5.86. The van der Waals surface area contributed by atoms with Gasteiger partial charge in [-0.25, -0.2) is 4.98 Å². The molecule has 2 N–H and O–H groups in total. The smallest absolute Gasteiger partial charge is 0.224 e. The molecule has 0 saturated heterocycles. The molecule has 0 radical (unpaired) electrons. The van der Waals surface area contributed by atoms with Gasteiger partial charge >= 0.3 is 0 Å². The summed E-state index contributed by atoms with van der Waals surface area (Å²) in [6.45, 7) is 6.11. The average molecular weight is 276 g/mol. The molecule has 4 nitrogen and oxygen atoms in total. The number of aryl methyl sites for hydroxylation is 1. The molecule has 20 heavy (non-hydrogen) atoms. The predicted molar refractivity (Wildman–Crippen MR) is 85.2 cm³/mol. The van der Waals surface area contributed by atoms with Gasteiger partial charge in [-0.1, -0.05) is 39.0 Å². The fraction of sp³-hybridized carbons (Fsp3) is 0.750. The van der Waals surface area contributed by atoms with Crippen LogP contribution in [0, 0.1) is 12.8 Å². The Morgan fingerprint density at radius 1 is 1.10 bits per heavy atom. The van der Waals surface area contributed by atoms with E-state index in [-0.39, 0.29) is 0 Å². The number of aromatic nitrogens is 2. The number of rotatable bonds is 7. The number of nitrogens with one attached hydrogen (secondary N) is 2. The van der Waals surface area contributed by atoms with Crippen LogP contribution in [0.25, 0.3) is 0 Å². The minimum absolute atomic E-state index is 0.743. The molecule has 0 atom stereocenters. The van der Waals surface area contributed by atoms with E-state index in [0.29, 0.717) is 0 Å². The average Bonchev–Trinajstić information content (AvgIpc) is 2.46. The Morgan fingerprint density at radius 2 is 1.90 bits per heavy atom. The fourth-order valence-electron chi connectivity index (χ4n) is 2.86. The topological polar surface area (TPSA) is 49.8 Å². The number of nitrogens with zero attached hydrogens (tertiary/aromatic N) is 2. The first-order valence-electron chi connectivity index (χ1n) is 8.11. The van der Waals surface area contributed by atoms with Gasteiger partial charge in [0.2, 0.25) is 5.95 Å². The summed E-state index contributed by atoms with van der Waals surface area (Å²) in [5.41, 5.74) is 1.01. The van der Waals surface area contributed by atoms with Gasteiger partial charge in [-0.15, -0.1) is 0 Å². The molecule has 1 aliphatic rings. The zero-order chi connectivity index (χ0) is 14.2. The SMILES string of the molecule is CCCNc1nc(C)cc(NCCC2CCCCC2)n1. The fourth-order valence-corrected chi connectivity index (χ4v) is 2.86. The normalized spacial score (nSPS) is 16.1. The van der Waals surface area contributed by atoms with E-state index in [4.69, 9.17) is 0 Å². The van der Waals surface area contributed by atoms with Crippen molar-refractivity contribution in [2.45, 2.75) is 58.8 Å². The number of hydrogen-bond donors (Lipinski definition) is 2. The molecule has 0 spiro atoms. The monoisotopic (exact) mass is 276 g/mol. The van der Waals surface area contributed by atoms with E-state index in [0.717, 1.165) is 42.9 Å². The molecule has 0 unspecified atom stereocenters. The Bertz CT molecular complexity index is 399. The highest BCUT2D eigenvalue weighted by Crippen LogP contribution is 2.26. The maximum Gasteiger partial charge on any atom is 0.224 e.